The van der Waals surface area contributed by atoms with Gasteiger partial charge in [-0.1, -0.05) is 17.8 Å². The number of anilines is 1. The predicted octanol–water partition coefficient (Wildman–Crippen LogP) is 4.05. The van der Waals surface area contributed by atoms with Crippen molar-refractivity contribution in [3.05, 3.63) is 78.7 Å². The maximum Gasteiger partial charge on any atom is 0.274 e. The van der Waals surface area contributed by atoms with Crippen LogP contribution in [0.25, 0.3) is 22.8 Å². The normalized spacial score (nSPS) is 16.7. The van der Waals surface area contributed by atoms with Crippen molar-refractivity contribution < 1.29 is 27.3 Å². The zero-order chi connectivity index (χ0) is 26.9. The molecule has 0 aliphatic carbocycles. The van der Waals surface area contributed by atoms with Gasteiger partial charge >= 0.3 is 0 Å². The summed E-state index contributed by atoms with van der Waals surface area (Å²) in [5.41, 5.74) is 1.27. The lowest BCUT2D eigenvalue weighted by atomic mass is 9.95. The molecule has 1 fully saturated rings. The quantitative estimate of drug-likeness (QED) is 0.365. The molecule has 5 rings (SSSR count). The number of hydrogen-bond acceptors (Lipinski definition) is 7. The van der Waals surface area contributed by atoms with Crippen LogP contribution in [0.2, 0.25) is 0 Å². The molecule has 0 radical (unpaired) electrons. The van der Waals surface area contributed by atoms with Crippen LogP contribution in [-0.4, -0.2) is 61.0 Å². The van der Waals surface area contributed by atoms with E-state index in [1.54, 1.807) is 24.4 Å². The first-order valence-electron chi connectivity index (χ1n) is 11.4. The van der Waals surface area contributed by atoms with E-state index in [9.17, 15) is 22.8 Å². The lowest BCUT2D eigenvalue weighted by molar-refractivity contribution is -0.138. The lowest BCUT2D eigenvalue weighted by Crippen LogP contribution is -2.48. The van der Waals surface area contributed by atoms with Gasteiger partial charge in [0.1, 0.15) is 11.5 Å². The molecule has 2 amide bonds. The highest BCUT2D eigenvalue weighted by Crippen LogP contribution is 2.36. The number of pyridine rings is 1. The molecule has 2 N–H and O–H groups in total. The molecule has 38 heavy (non-hydrogen) atoms. The van der Waals surface area contributed by atoms with Crippen LogP contribution < -0.4 is 5.32 Å². The molecule has 1 aromatic carbocycles. The summed E-state index contributed by atoms with van der Waals surface area (Å²) in [7, 11) is 0. The van der Waals surface area contributed by atoms with Gasteiger partial charge in [0.25, 0.3) is 11.8 Å². The van der Waals surface area contributed by atoms with Crippen LogP contribution in [0.4, 0.5) is 18.9 Å². The van der Waals surface area contributed by atoms with E-state index in [1.165, 1.54) is 18.2 Å². The molecular formula is C25H20F3N7O3. The number of benzene rings is 1. The third-order valence-corrected chi connectivity index (χ3v) is 5.92. The number of carbonyl (C=O) groups is 2. The van der Waals surface area contributed by atoms with Crippen LogP contribution in [0, 0.1) is 5.82 Å². The molecule has 1 atom stereocenters. The average Bonchev–Trinajstić information content (AvgIpc) is 3.61. The second kappa shape index (κ2) is 9.92. The van der Waals surface area contributed by atoms with Crippen LogP contribution in [0.15, 0.2) is 65.8 Å². The number of alkyl halides is 2. The SMILES string of the molecule is C=CC(=O)N1C[C@@H](c2nc(-c3ccc(NC(=O)c4cccc(-c5ccn[nH]5)n4)c(F)c3)no2)CC(F)(F)C1. The Morgan fingerprint density at radius 3 is 2.79 bits per heavy atom. The van der Waals surface area contributed by atoms with E-state index >= 15 is 0 Å². The summed E-state index contributed by atoms with van der Waals surface area (Å²) in [5.74, 6) is -6.21. The fourth-order valence-corrected chi connectivity index (χ4v) is 4.13. The molecule has 1 aliphatic heterocycles. The maximum absolute atomic E-state index is 14.9. The van der Waals surface area contributed by atoms with Crippen LogP contribution in [0.1, 0.15) is 28.7 Å². The van der Waals surface area contributed by atoms with Crippen LogP contribution in [-0.2, 0) is 4.79 Å². The molecule has 13 heteroatoms. The fourth-order valence-electron chi connectivity index (χ4n) is 4.13. The molecule has 0 saturated carbocycles. The molecule has 10 nitrogen and oxygen atoms in total. The molecule has 0 spiro atoms. The third kappa shape index (κ3) is 5.16. The Labute approximate surface area is 213 Å². The Morgan fingerprint density at radius 2 is 2.05 bits per heavy atom. The third-order valence-electron chi connectivity index (χ3n) is 5.92. The van der Waals surface area contributed by atoms with Crippen molar-refractivity contribution in [1.82, 2.24) is 30.2 Å². The van der Waals surface area contributed by atoms with Crippen molar-refractivity contribution >= 4 is 17.5 Å². The largest absolute Gasteiger partial charge is 0.339 e. The number of hydrogen-bond donors (Lipinski definition) is 2. The Bertz CT molecular complexity index is 1500. The van der Waals surface area contributed by atoms with Crippen molar-refractivity contribution in [3.63, 3.8) is 0 Å². The average molecular weight is 523 g/mol. The molecule has 1 saturated heterocycles. The minimum atomic E-state index is -3.14. The maximum atomic E-state index is 14.9. The standard InChI is InChI=1S/C25H20F3N7O3/c1-2-21(36)35-12-15(11-25(27,28)13-35)24-32-22(34-38-24)14-6-7-17(16(26)10-14)31-23(37)20-5-3-4-18(30-20)19-8-9-29-33-19/h2-10,15H,1,11-13H2,(H,29,33)(H,31,37)/t15-/m0/s1. The first kappa shape index (κ1) is 24.9. The Hall–Kier alpha value is -4.81. The van der Waals surface area contributed by atoms with Crippen molar-refractivity contribution in [1.29, 1.82) is 0 Å². The fraction of sp³-hybridized carbons (Fsp3) is 0.200. The summed E-state index contributed by atoms with van der Waals surface area (Å²) in [6.45, 7) is 2.56. The molecule has 194 valence electrons. The van der Waals surface area contributed by atoms with E-state index in [0.717, 1.165) is 17.0 Å². The van der Waals surface area contributed by atoms with Gasteiger partial charge in [0, 0.05) is 24.7 Å². The van der Waals surface area contributed by atoms with Crippen molar-refractivity contribution in [2.75, 3.05) is 18.4 Å². The number of aromatic nitrogens is 5. The number of H-pyrrole nitrogens is 1. The summed E-state index contributed by atoms with van der Waals surface area (Å²) in [4.78, 5) is 34.0. The number of carbonyl (C=O) groups excluding carboxylic acids is 2. The number of nitrogens with zero attached hydrogens (tertiary/aromatic N) is 5. The molecule has 0 bridgehead atoms. The van der Waals surface area contributed by atoms with E-state index in [2.05, 4.69) is 37.2 Å². The van der Waals surface area contributed by atoms with Gasteiger partial charge in [0.15, 0.2) is 0 Å². The molecule has 4 aromatic rings. The van der Waals surface area contributed by atoms with Gasteiger partial charge in [-0.15, -0.1) is 0 Å². The summed E-state index contributed by atoms with van der Waals surface area (Å²) in [6, 6.07) is 10.4. The van der Waals surface area contributed by atoms with Gasteiger partial charge in [0.05, 0.1) is 29.5 Å². The zero-order valence-electron chi connectivity index (χ0n) is 19.7. The van der Waals surface area contributed by atoms with Crippen molar-refractivity contribution in [3.8, 4) is 22.8 Å². The van der Waals surface area contributed by atoms with E-state index in [0.29, 0.717) is 11.4 Å². The first-order valence-corrected chi connectivity index (χ1v) is 11.4. The van der Waals surface area contributed by atoms with Crippen LogP contribution in [0.3, 0.4) is 0 Å². The summed E-state index contributed by atoms with van der Waals surface area (Å²) in [6.07, 6.45) is 1.94. The first-order chi connectivity index (χ1) is 18.2. The van der Waals surface area contributed by atoms with Gasteiger partial charge < -0.3 is 14.7 Å². The Morgan fingerprint density at radius 1 is 1.21 bits per heavy atom. The monoisotopic (exact) mass is 523 g/mol. The lowest BCUT2D eigenvalue weighted by Gasteiger charge is -2.35. The number of piperidine rings is 1. The van der Waals surface area contributed by atoms with Gasteiger partial charge in [-0.2, -0.15) is 10.1 Å². The van der Waals surface area contributed by atoms with Gasteiger partial charge in [-0.05, 0) is 42.5 Å². The molecular weight excluding hydrogens is 503 g/mol. The van der Waals surface area contributed by atoms with Crippen LogP contribution in [0.5, 0.6) is 0 Å². The van der Waals surface area contributed by atoms with Gasteiger partial charge in [0.2, 0.25) is 17.6 Å². The molecule has 4 heterocycles. The molecule has 3 aromatic heterocycles. The number of rotatable bonds is 6. The van der Waals surface area contributed by atoms with Crippen molar-refractivity contribution in [2.45, 2.75) is 18.3 Å². The highest BCUT2D eigenvalue weighted by atomic mass is 19.3. The van der Waals surface area contributed by atoms with Gasteiger partial charge in [-0.25, -0.2) is 18.2 Å². The Kier molecular flexibility index (Phi) is 6.49. The zero-order valence-corrected chi connectivity index (χ0v) is 19.7. The minimum absolute atomic E-state index is 0.0267. The smallest absolute Gasteiger partial charge is 0.274 e. The number of likely N-dealkylation sites (tertiary alicyclic amines) is 1. The highest BCUT2D eigenvalue weighted by Gasteiger charge is 2.44. The number of halogens is 3. The molecule has 0 unspecified atom stereocenters. The highest BCUT2D eigenvalue weighted by molar-refractivity contribution is 6.03. The van der Waals surface area contributed by atoms with E-state index < -0.39 is 42.4 Å². The summed E-state index contributed by atoms with van der Waals surface area (Å²) >= 11 is 0. The van der Waals surface area contributed by atoms with E-state index in [4.69, 9.17) is 4.52 Å². The molecule has 1 aliphatic rings. The minimum Gasteiger partial charge on any atom is -0.339 e. The van der Waals surface area contributed by atoms with E-state index in [1.807, 2.05) is 0 Å². The number of amides is 2. The number of nitrogens with one attached hydrogen (secondary N) is 2. The number of aromatic amines is 1. The summed E-state index contributed by atoms with van der Waals surface area (Å²) in [5, 5.41) is 12.9. The van der Waals surface area contributed by atoms with E-state index in [-0.39, 0.29) is 35.2 Å². The Balaban J connectivity index is 1.31. The predicted molar refractivity (Wildman–Crippen MR) is 129 cm³/mol. The summed E-state index contributed by atoms with van der Waals surface area (Å²) < 4.78 is 48.5. The second-order valence-electron chi connectivity index (χ2n) is 8.66. The topological polar surface area (TPSA) is 130 Å². The second-order valence-corrected chi connectivity index (χ2v) is 8.66. The van der Waals surface area contributed by atoms with Crippen molar-refractivity contribution in [2.24, 2.45) is 0 Å². The van der Waals surface area contributed by atoms with Gasteiger partial charge in [-0.3, -0.25) is 14.7 Å². The van der Waals surface area contributed by atoms with Crippen LogP contribution >= 0.6 is 0 Å².